The summed E-state index contributed by atoms with van der Waals surface area (Å²) in [4.78, 5) is 0. The van der Waals surface area contributed by atoms with Crippen molar-refractivity contribution in [1.82, 2.24) is 4.57 Å². The van der Waals surface area contributed by atoms with Crippen LogP contribution in [0.3, 0.4) is 0 Å². The van der Waals surface area contributed by atoms with Crippen LogP contribution in [-0.2, 0) is 0 Å². The van der Waals surface area contributed by atoms with Crippen LogP contribution in [0, 0.1) is 0 Å². The third-order valence-corrected chi connectivity index (χ3v) is 6.63. The Morgan fingerprint density at radius 1 is 1.38 bits per heavy atom. The smallest absolute Gasteiger partial charge is 0.0940 e. The van der Waals surface area contributed by atoms with Crippen LogP contribution in [-0.4, -0.2) is 37.9 Å². The third-order valence-electron chi connectivity index (χ3n) is 1.37. The van der Waals surface area contributed by atoms with Crippen LogP contribution in [0.15, 0.2) is 0 Å². The summed E-state index contributed by atoms with van der Waals surface area (Å²) in [6, 6.07) is 0. The van der Waals surface area contributed by atoms with Gasteiger partial charge in [0.25, 0.3) is 0 Å². The molecule has 8 heavy (non-hydrogen) atoms. The van der Waals surface area contributed by atoms with Crippen LogP contribution in [0.4, 0.5) is 0 Å². The van der Waals surface area contributed by atoms with Crippen LogP contribution in [0.25, 0.3) is 0 Å². The maximum atomic E-state index is 2.40. The molecule has 1 nitrogen and oxygen atoms in total. The average molecular weight is 147 g/mol. The molecule has 0 aromatic rings. The van der Waals surface area contributed by atoms with Gasteiger partial charge in [0, 0.05) is 9.52 Å². The average Bonchev–Trinajstić information content (AvgIpc) is 1.65. The highest BCUT2D eigenvalue weighted by Crippen LogP contribution is 1.96. The lowest BCUT2D eigenvalue weighted by Crippen LogP contribution is -2.22. The van der Waals surface area contributed by atoms with Crippen molar-refractivity contribution in [3.05, 3.63) is 0 Å². The third kappa shape index (κ3) is 4.55. The number of rotatable bonds is 3. The van der Waals surface area contributed by atoms with E-state index in [9.17, 15) is 0 Å². The molecule has 50 valence electrons. The van der Waals surface area contributed by atoms with Gasteiger partial charge in [0.15, 0.2) is 0 Å². The summed E-state index contributed by atoms with van der Waals surface area (Å²) in [5.74, 6) is 0. The SMILES string of the molecule is C[SiH2]C(C)[SiH2]N(C)C. The Kier molecular flexibility index (Phi) is 4.50. The number of hydrogen-bond donors (Lipinski definition) is 0. The fourth-order valence-electron chi connectivity index (χ4n) is 0.752. The molecule has 0 radical (unpaired) electrons. The first kappa shape index (κ1) is 8.39. The van der Waals surface area contributed by atoms with Gasteiger partial charge in [-0.3, -0.25) is 0 Å². The summed E-state index contributed by atoms with van der Waals surface area (Å²) in [5, 5.41) is 1.13. The summed E-state index contributed by atoms with van der Waals surface area (Å²) in [5.41, 5.74) is 0. The van der Waals surface area contributed by atoms with Crippen LogP contribution in [0.2, 0.25) is 11.7 Å². The van der Waals surface area contributed by atoms with E-state index in [1.54, 1.807) is 0 Å². The molecule has 3 heteroatoms. The Balaban J connectivity index is 3.10. The van der Waals surface area contributed by atoms with E-state index in [0.29, 0.717) is 9.52 Å². The van der Waals surface area contributed by atoms with Gasteiger partial charge in [0.05, 0.1) is 9.68 Å². The monoisotopic (exact) mass is 147 g/mol. The van der Waals surface area contributed by atoms with Gasteiger partial charge in [-0.05, 0) is 14.1 Å². The van der Waals surface area contributed by atoms with Crippen molar-refractivity contribution in [3.8, 4) is 0 Å². The molecule has 0 saturated heterocycles. The summed E-state index contributed by atoms with van der Waals surface area (Å²) in [6.45, 7) is 4.81. The molecule has 0 aliphatic heterocycles. The molecule has 0 amide bonds. The lowest BCUT2D eigenvalue weighted by Gasteiger charge is -2.12. The van der Waals surface area contributed by atoms with Crippen molar-refractivity contribution < 1.29 is 0 Å². The zero-order chi connectivity index (χ0) is 6.57. The van der Waals surface area contributed by atoms with Gasteiger partial charge in [-0.1, -0.05) is 18.6 Å². The fraction of sp³-hybridized carbons (Fsp3) is 1.00. The van der Waals surface area contributed by atoms with Gasteiger partial charge in [-0.25, -0.2) is 0 Å². The molecule has 1 atom stereocenters. The van der Waals surface area contributed by atoms with Gasteiger partial charge in [-0.2, -0.15) is 0 Å². The van der Waals surface area contributed by atoms with Crippen LogP contribution < -0.4 is 0 Å². The quantitative estimate of drug-likeness (QED) is 0.492. The summed E-state index contributed by atoms with van der Waals surface area (Å²) in [6.07, 6.45) is 0. The maximum Gasteiger partial charge on any atom is 0.0940 e. The van der Waals surface area contributed by atoms with E-state index < -0.39 is 0 Å². The predicted molar refractivity (Wildman–Crippen MR) is 46.1 cm³/mol. The minimum atomic E-state index is 0.166. The Morgan fingerprint density at radius 3 is 2.00 bits per heavy atom. The molecule has 1 unspecified atom stereocenters. The largest absolute Gasteiger partial charge is 0.334 e. The first-order chi connectivity index (χ1) is 3.66. The second kappa shape index (κ2) is 4.29. The second-order valence-electron chi connectivity index (χ2n) is 2.78. The van der Waals surface area contributed by atoms with Crippen molar-refractivity contribution in [2.45, 2.75) is 18.6 Å². The summed E-state index contributed by atoms with van der Waals surface area (Å²) < 4.78 is 2.40. The Morgan fingerprint density at radius 2 is 1.88 bits per heavy atom. The van der Waals surface area contributed by atoms with E-state index >= 15 is 0 Å². The Bertz CT molecular complexity index is 56.4. The summed E-state index contributed by atoms with van der Waals surface area (Å²) in [7, 11) is 4.88. The lowest BCUT2D eigenvalue weighted by molar-refractivity contribution is 0.655. The van der Waals surface area contributed by atoms with E-state index in [-0.39, 0.29) is 9.68 Å². The molecule has 0 aromatic heterocycles. The second-order valence-corrected chi connectivity index (χ2v) is 9.16. The van der Waals surface area contributed by atoms with Gasteiger partial charge in [0.2, 0.25) is 0 Å². The van der Waals surface area contributed by atoms with Gasteiger partial charge >= 0.3 is 0 Å². The van der Waals surface area contributed by atoms with E-state index in [1.165, 1.54) is 0 Å². The van der Waals surface area contributed by atoms with Crippen molar-refractivity contribution >= 4 is 19.2 Å². The zero-order valence-corrected chi connectivity index (χ0v) is 9.27. The van der Waals surface area contributed by atoms with Crippen molar-refractivity contribution in [2.75, 3.05) is 14.1 Å². The van der Waals surface area contributed by atoms with E-state index in [1.807, 2.05) is 0 Å². The van der Waals surface area contributed by atoms with Crippen LogP contribution >= 0.6 is 0 Å². The molecule has 0 spiro atoms. The van der Waals surface area contributed by atoms with E-state index in [2.05, 4.69) is 32.1 Å². The van der Waals surface area contributed by atoms with Crippen molar-refractivity contribution in [3.63, 3.8) is 0 Å². The molecular weight excluding hydrogens is 130 g/mol. The molecule has 0 heterocycles. The number of nitrogens with zero attached hydrogens (tertiary/aromatic N) is 1. The molecule has 0 N–H and O–H groups in total. The Labute approximate surface area is 57.2 Å². The normalized spacial score (nSPS) is 17.6. The zero-order valence-electron chi connectivity index (χ0n) is 6.44. The minimum absolute atomic E-state index is 0.166. The summed E-state index contributed by atoms with van der Waals surface area (Å²) >= 11 is 0. The molecule has 0 bridgehead atoms. The molecule has 0 rings (SSSR count). The first-order valence-electron chi connectivity index (χ1n) is 3.31. The molecule has 0 saturated carbocycles. The molecule has 0 aliphatic carbocycles. The molecule has 0 aliphatic rings. The highest BCUT2D eigenvalue weighted by atomic mass is 28.3. The highest BCUT2D eigenvalue weighted by molar-refractivity contribution is 6.56. The first-order valence-corrected chi connectivity index (χ1v) is 6.99. The van der Waals surface area contributed by atoms with Crippen LogP contribution in [0.5, 0.6) is 0 Å². The lowest BCUT2D eigenvalue weighted by atomic mass is 10.9. The standard InChI is InChI=1S/C5H17NSi2/c1-5(7-4)8-6(2)3/h5H,7-8H2,1-4H3. The van der Waals surface area contributed by atoms with Crippen molar-refractivity contribution in [1.29, 1.82) is 0 Å². The van der Waals surface area contributed by atoms with Gasteiger partial charge < -0.3 is 4.57 Å². The van der Waals surface area contributed by atoms with Crippen molar-refractivity contribution in [2.24, 2.45) is 0 Å². The van der Waals surface area contributed by atoms with Gasteiger partial charge in [-0.15, -0.1) is 0 Å². The predicted octanol–water partition coefficient (Wildman–Crippen LogP) is -0.385. The Hall–Kier alpha value is 0.394. The minimum Gasteiger partial charge on any atom is -0.334 e. The van der Waals surface area contributed by atoms with Crippen LogP contribution in [0.1, 0.15) is 6.92 Å². The topological polar surface area (TPSA) is 3.24 Å². The molecule has 0 aromatic carbocycles. The molecule has 0 fully saturated rings. The maximum absolute atomic E-state index is 2.40. The highest BCUT2D eigenvalue weighted by Gasteiger charge is 1.99. The van der Waals surface area contributed by atoms with Gasteiger partial charge in [0.1, 0.15) is 0 Å². The fourth-order valence-corrected chi connectivity index (χ4v) is 4.58. The number of hydrogen-bond acceptors (Lipinski definition) is 1. The van der Waals surface area contributed by atoms with E-state index in [4.69, 9.17) is 0 Å². The van der Waals surface area contributed by atoms with E-state index in [0.717, 1.165) is 5.16 Å². The molecular formula is C5H17NSi2.